The largest absolute Gasteiger partial charge is 0.506 e. The van der Waals surface area contributed by atoms with Gasteiger partial charge in [-0.2, -0.15) is 8.42 Å². The molecule has 3 N–H and O–H groups in total. The van der Waals surface area contributed by atoms with Crippen molar-refractivity contribution in [3.63, 3.8) is 0 Å². The molecule has 1 fully saturated rings. The van der Waals surface area contributed by atoms with E-state index in [0.717, 1.165) is 28.6 Å². The number of ether oxygens (including phenoxy) is 2. The third-order valence-corrected chi connectivity index (χ3v) is 6.36. The molecule has 0 atom stereocenters. The van der Waals surface area contributed by atoms with Gasteiger partial charge in [-0.3, -0.25) is 9.59 Å². The van der Waals surface area contributed by atoms with Crippen molar-refractivity contribution in [2.45, 2.75) is 25.7 Å². The van der Waals surface area contributed by atoms with Crippen LogP contribution in [0, 0.1) is 0 Å². The van der Waals surface area contributed by atoms with Gasteiger partial charge >= 0.3 is 10.2 Å². The van der Waals surface area contributed by atoms with Gasteiger partial charge in [0.05, 0.1) is 19.4 Å². The molecule has 33 heavy (non-hydrogen) atoms. The number of methoxy groups -OCH3 is 1. The minimum absolute atomic E-state index is 0.0118. The summed E-state index contributed by atoms with van der Waals surface area (Å²) in [5.74, 6) is 0.406. The summed E-state index contributed by atoms with van der Waals surface area (Å²) in [7, 11) is -2.39. The maximum Gasteiger partial charge on any atom is 0.326 e. The average molecular weight is 478 g/mol. The van der Waals surface area contributed by atoms with E-state index in [1.165, 1.54) is 12.1 Å². The number of phenols is 1. The summed E-state index contributed by atoms with van der Waals surface area (Å²) < 4.78 is 37.3. The summed E-state index contributed by atoms with van der Waals surface area (Å²) >= 11 is 0. The van der Waals surface area contributed by atoms with Crippen LogP contribution in [-0.4, -0.2) is 52.1 Å². The maximum absolute atomic E-state index is 12.1. The third-order valence-electron chi connectivity index (χ3n) is 4.97. The van der Waals surface area contributed by atoms with Gasteiger partial charge in [-0.1, -0.05) is 12.1 Å². The number of nitrogens with one attached hydrogen (secondary N) is 2. The van der Waals surface area contributed by atoms with Crippen LogP contribution in [-0.2, 0) is 26.2 Å². The van der Waals surface area contributed by atoms with Crippen LogP contribution >= 0.6 is 0 Å². The number of carbonyl (C=O) groups excluding carboxylic acids is 2. The number of carbonyl (C=O) groups is 2. The molecule has 1 aliphatic heterocycles. The molecular weight excluding hydrogens is 450 g/mol. The lowest BCUT2D eigenvalue weighted by molar-refractivity contribution is -0.121. The summed E-state index contributed by atoms with van der Waals surface area (Å²) in [6, 6.07) is 11.8. The molecule has 0 saturated carbocycles. The minimum atomic E-state index is -3.99. The van der Waals surface area contributed by atoms with E-state index in [2.05, 4.69) is 5.32 Å². The molecule has 2 amide bonds. The number of nitrogens with zero attached hydrogens (tertiary/aromatic N) is 1. The number of unbranched alkanes of at least 4 members (excludes halogenated alkanes) is 1. The van der Waals surface area contributed by atoms with Gasteiger partial charge in [0.25, 0.3) is 5.91 Å². The van der Waals surface area contributed by atoms with Gasteiger partial charge < -0.3 is 19.9 Å². The fourth-order valence-corrected chi connectivity index (χ4v) is 4.44. The summed E-state index contributed by atoms with van der Waals surface area (Å²) in [4.78, 5) is 23.4. The highest BCUT2D eigenvalue weighted by atomic mass is 32.2. The number of hydrogen-bond donors (Lipinski definition) is 3. The molecule has 3 rings (SSSR count). The molecule has 0 spiro atoms. The lowest BCUT2D eigenvalue weighted by atomic mass is 10.1. The summed E-state index contributed by atoms with van der Waals surface area (Å²) in [5, 5.41) is 13.1. The topological polar surface area (TPSA) is 134 Å². The molecule has 10 nitrogen and oxygen atoms in total. The molecule has 0 aliphatic carbocycles. The lowest BCUT2D eigenvalue weighted by Crippen LogP contribution is -2.29. The molecular formula is C22H27N3O7S. The Balaban J connectivity index is 1.36. The molecule has 0 radical (unpaired) electrons. The van der Waals surface area contributed by atoms with Gasteiger partial charge in [0.2, 0.25) is 5.91 Å². The number of hydrogen-bond acceptors (Lipinski definition) is 7. The van der Waals surface area contributed by atoms with Gasteiger partial charge in [-0.05, 0) is 49.1 Å². The lowest BCUT2D eigenvalue weighted by Gasteiger charge is -2.16. The molecule has 0 aromatic heterocycles. The smallest absolute Gasteiger partial charge is 0.326 e. The van der Waals surface area contributed by atoms with Crippen molar-refractivity contribution in [1.82, 2.24) is 10.0 Å². The second-order valence-corrected chi connectivity index (χ2v) is 9.04. The summed E-state index contributed by atoms with van der Waals surface area (Å²) in [6.07, 6.45) is 2.15. The highest BCUT2D eigenvalue weighted by molar-refractivity contribution is 7.92. The molecule has 1 saturated heterocycles. The highest BCUT2D eigenvalue weighted by Crippen LogP contribution is 2.31. The van der Waals surface area contributed by atoms with Crippen molar-refractivity contribution in [3.8, 4) is 17.2 Å². The zero-order valence-electron chi connectivity index (χ0n) is 18.2. The Labute approximate surface area is 192 Å². The van der Waals surface area contributed by atoms with Gasteiger partial charge in [-0.25, -0.2) is 9.03 Å². The van der Waals surface area contributed by atoms with Crippen molar-refractivity contribution in [2.75, 3.05) is 31.1 Å². The molecule has 0 unspecified atom stereocenters. The standard InChI is InChI=1S/C22H27N3O7S/c1-31-17-5-4-6-18(14-17)32-12-3-2-11-23-21(27)10-8-16-7-9-19(20(26)13-16)25-15-22(28)24-33(25,29)30/h4-7,9,13-14,26H,2-3,8,10-12,15H2,1H3,(H,23,27)(H,24,28). The van der Waals surface area contributed by atoms with Crippen molar-refractivity contribution >= 4 is 27.7 Å². The monoisotopic (exact) mass is 477 g/mol. The Bertz CT molecular complexity index is 1100. The first-order valence-corrected chi connectivity index (χ1v) is 11.9. The second kappa shape index (κ2) is 10.9. The van der Waals surface area contributed by atoms with Crippen LogP contribution in [0.4, 0.5) is 5.69 Å². The zero-order valence-corrected chi connectivity index (χ0v) is 19.1. The molecule has 0 bridgehead atoms. The molecule has 1 aliphatic rings. The van der Waals surface area contributed by atoms with Crippen molar-refractivity contribution in [3.05, 3.63) is 48.0 Å². The molecule has 178 valence electrons. The van der Waals surface area contributed by atoms with E-state index in [9.17, 15) is 23.1 Å². The van der Waals surface area contributed by atoms with E-state index in [4.69, 9.17) is 9.47 Å². The van der Waals surface area contributed by atoms with Crippen molar-refractivity contribution in [1.29, 1.82) is 0 Å². The Morgan fingerprint density at radius 3 is 2.67 bits per heavy atom. The van der Waals surface area contributed by atoms with Crippen LogP contribution in [0.25, 0.3) is 0 Å². The minimum Gasteiger partial charge on any atom is -0.506 e. The number of amides is 2. The van der Waals surface area contributed by atoms with Crippen LogP contribution in [0.3, 0.4) is 0 Å². The van der Waals surface area contributed by atoms with E-state index in [-0.39, 0.29) is 30.3 Å². The number of aromatic hydroxyl groups is 1. The van der Waals surface area contributed by atoms with Gasteiger partial charge in [0.1, 0.15) is 23.8 Å². The van der Waals surface area contributed by atoms with Crippen LogP contribution in [0.2, 0.25) is 0 Å². The predicted octanol–water partition coefficient (Wildman–Crippen LogP) is 1.49. The number of rotatable bonds is 11. The maximum atomic E-state index is 12.1. The summed E-state index contributed by atoms with van der Waals surface area (Å²) in [6.45, 7) is 0.670. The van der Waals surface area contributed by atoms with Crippen molar-refractivity contribution in [2.24, 2.45) is 0 Å². The molecule has 1 heterocycles. The van der Waals surface area contributed by atoms with Crippen LogP contribution in [0.5, 0.6) is 17.2 Å². The molecule has 2 aromatic carbocycles. The first kappa shape index (κ1) is 24.2. The Morgan fingerprint density at radius 1 is 1.18 bits per heavy atom. The van der Waals surface area contributed by atoms with Gasteiger partial charge in [0.15, 0.2) is 0 Å². The SMILES string of the molecule is COc1cccc(OCCCCNC(=O)CCc2ccc(N3CC(=O)NS3(=O)=O)c(O)c2)c1. The first-order valence-electron chi connectivity index (χ1n) is 10.5. The quantitative estimate of drug-likeness (QED) is 0.418. The van der Waals surface area contributed by atoms with Crippen LogP contribution < -0.4 is 23.8 Å². The van der Waals surface area contributed by atoms with Crippen LogP contribution in [0.1, 0.15) is 24.8 Å². The number of aryl methyl sites for hydroxylation is 1. The van der Waals surface area contributed by atoms with E-state index < -0.39 is 16.1 Å². The van der Waals surface area contributed by atoms with Crippen LogP contribution in [0.15, 0.2) is 42.5 Å². The van der Waals surface area contributed by atoms with Gasteiger partial charge in [0, 0.05) is 19.0 Å². The number of anilines is 1. The predicted molar refractivity (Wildman–Crippen MR) is 122 cm³/mol. The fourth-order valence-electron chi connectivity index (χ4n) is 3.28. The number of benzene rings is 2. The van der Waals surface area contributed by atoms with Crippen molar-refractivity contribution < 1.29 is 32.6 Å². The third kappa shape index (κ3) is 6.75. The normalized spacial score (nSPS) is 14.6. The second-order valence-electron chi connectivity index (χ2n) is 7.44. The Morgan fingerprint density at radius 2 is 1.97 bits per heavy atom. The van der Waals surface area contributed by atoms with E-state index in [1.807, 2.05) is 29.0 Å². The molecule has 11 heteroatoms. The summed E-state index contributed by atoms with van der Waals surface area (Å²) in [5.41, 5.74) is 0.687. The highest BCUT2D eigenvalue weighted by Gasteiger charge is 2.35. The van der Waals surface area contributed by atoms with E-state index >= 15 is 0 Å². The van der Waals surface area contributed by atoms with E-state index in [1.54, 1.807) is 13.2 Å². The Hall–Kier alpha value is -3.47. The first-order chi connectivity index (χ1) is 15.8. The zero-order chi connectivity index (χ0) is 23.8. The average Bonchev–Trinajstić information content (AvgIpc) is 3.06. The van der Waals surface area contributed by atoms with Gasteiger partial charge in [-0.15, -0.1) is 0 Å². The molecule has 2 aromatic rings. The fraction of sp³-hybridized carbons (Fsp3) is 0.364. The number of phenolic OH excluding ortho intramolecular Hbond substituents is 1. The van der Waals surface area contributed by atoms with E-state index in [0.29, 0.717) is 25.1 Å². The Kier molecular flexibility index (Phi) is 7.99.